The number of hydrogen-bond acceptors (Lipinski definition) is 6. The van der Waals surface area contributed by atoms with Crippen molar-refractivity contribution in [2.45, 2.75) is 64.6 Å². The zero-order chi connectivity index (χ0) is 35.0. The van der Waals surface area contributed by atoms with E-state index in [1.54, 1.807) is 0 Å². The fourth-order valence-electron chi connectivity index (χ4n) is 6.28. The van der Waals surface area contributed by atoms with Crippen molar-refractivity contribution in [2.24, 2.45) is 0 Å². The van der Waals surface area contributed by atoms with E-state index >= 15 is 0 Å². The first kappa shape index (κ1) is 36.3. The first-order valence-electron chi connectivity index (χ1n) is 17.0. The van der Waals surface area contributed by atoms with Crippen LogP contribution in [0.15, 0.2) is 109 Å². The number of phenols is 2. The van der Waals surface area contributed by atoms with Crippen LogP contribution in [0.2, 0.25) is 0 Å². The quantitative estimate of drug-likeness (QED) is 0.107. The summed E-state index contributed by atoms with van der Waals surface area (Å²) >= 11 is 3.78. The summed E-state index contributed by atoms with van der Waals surface area (Å²) in [6.07, 6.45) is 2.16. The van der Waals surface area contributed by atoms with Crippen LogP contribution in [0.5, 0.6) is 11.5 Å². The van der Waals surface area contributed by atoms with Crippen molar-refractivity contribution in [3.05, 3.63) is 154 Å². The van der Waals surface area contributed by atoms with Gasteiger partial charge in [-0.2, -0.15) is 11.8 Å². The predicted molar refractivity (Wildman–Crippen MR) is 213 cm³/mol. The van der Waals surface area contributed by atoms with E-state index in [9.17, 15) is 10.2 Å². The normalized spacial score (nSPS) is 11.5. The lowest BCUT2D eigenvalue weighted by atomic mass is 9.77. The molecule has 2 N–H and O–H groups in total. The summed E-state index contributed by atoms with van der Waals surface area (Å²) in [6, 6.07) is 37.5. The molecule has 49 heavy (non-hydrogen) atoms. The number of thioether (sulfide) groups is 2. The molecule has 5 aromatic carbocycles. The van der Waals surface area contributed by atoms with Gasteiger partial charge in [-0.25, -0.2) is 0 Å². The molecule has 256 valence electrons. The van der Waals surface area contributed by atoms with E-state index in [4.69, 9.17) is 0 Å². The maximum atomic E-state index is 11.2. The SMILES string of the molecule is CCN(Cc1cc(C(C)(C)c2ccc(O)c(CN(CSCc3cc(C)c(C)cc3CSC)c3ccccc3)c2)ccc1O)c1ccccc1. The highest BCUT2D eigenvalue weighted by molar-refractivity contribution is 7.98. The minimum Gasteiger partial charge on any atom is -0.508 e. The second-order valence-corrected chi connectivity index (χ2v) is 15.1. The molecule has 0 heterocycles. The number of aromatic hydroxyl groups is 2. The molecule has 0 amide bonds. The molecular formula is C43H50N2O2S2. The number of phenolic OH excluding ortho intramolecular Hbond substituents is 2. The molecule has 0 spiro atoms. The average Bonchev–Trinajstić information content (AvgIpc) is 3.11. The fraction of sp³-hybridized carbons (Fsp3) is 0.302. The van der Waals surface area contributed by atoms with Crippen LogP contribution in [0.1, 0.15) is 65.3 Å². The van der Waals surface area contributed by atoms with Gasteiger partial charge in [-0.1, -0.05) is 74.5 Å². The summed E-state index contributed by atoms with van der Waals surface area (Å²) in [7, 11) is 0. The Morgan fingerprint density at radius 2 is 1.06 bits per heavy atom. The summed E-state index contributed by atoms with van der Waals surface area (Å²) < 4.78 is 0. The highest BCUT2D eigenvalue weighted by Crippen LogP contribution is 2.37. The lowest BCUT2D eigenvalue weighted by Gasteiger charge is -2.30. The fourth-order valence-corrected chi connectivity index (χ4v) is 7.90. The van der Waals surface area contributed by atoms with Gasteiger partial charge < -0.3 is 20.0 Å². The number of rotatable bonds is 15. The Bertz CT molecular complexity index is 1830. The van der Waals surface area contributed by atoms with Crippen molar-refractivity contribution in [1.82, 2.24) is 0 Å². The average molecular weight is 691 g/mol. The van der Waals surface area contributed by atoms with Crippen molar-refractivity contribution in [1.29, 1.82) is 0 Å². The standard InChI is InChI=1S/C43H50N2O2S2/c1-7-44(39-14-10-8-11-15-39)26-33-24-37(18-20-41(33)46)43(4,5)38-19-21-42(47)34(25-38)27-45(40-16-12-9-13-17-40)30-49-29-36-23-32(3)31(2)22-35(36)28-48-6/h8-25,46-47H,7,26-30H2,1-6H3. The van der Waals surface area contributed by atoms with E-state index in [1.165, 1.54) is 22.3 Å². The Balaban J connectivity index is 1.38. The van der Waals surface area contributed by atoms with E-state index < -0.39 is 0 Å². The Morgan fingerprint density at radius 3 is 1.55 bits per heavy atom. The van der Waals surface area contributed by atoms with E-state index in [0.29, 0.717) is 24.6 Å². The monoisotopic (exact) mass is 690 g/mol. The maximum absolute atomic E-state index is 11.2. The van der Waals surface area contributed by atoms with E-state index in [-0.39, 0.29) is 5.41 Å². The van der Waals surface area contributed by atoms with Gasteiger partial charge >= 0.3 is 0 Å². The summed E-state index contributed by atoms with van der Waals surface area (Å²) in [5.74, 6) is 3.34. The molecule has 0 saturated heterocycles. The van der Waals surface area contributed by atoms with Crippen LogP contribution in [0.25, 0.3) is 0 Å². The van der Waals surface area contributed by atoms with Gasteiger partial charge in [0.25, 0.3) is 0 Å². The molecule has 5 aromatic rings. The first-order chi connectivity index (χ1) is 23.6. The Hall–Kier alpha value is -4.00. The molecule has 0 fully saturated rings. The van der Waals surface area contributed by atoms with Gasteiger partial charge in [0.2, 0.25) is 0 Å². The third-order valence-corrected chi connectivity index (χ3v) is 11.2. The van der Waals surface area contributed by atoms with E-state index in [1.807, 2.05) is 72.1 Å². The minimum absolute atomic E-state index is 0.301. The Labute approximate surface area is 302 Å². The molecule has 0 aliphatic heterocycles. The molecule has 0 saturated carbocycles. The molecule has 5 rings (SSSR count). The number of aryl methyl sites for hydroxylation is 2. The number of anilines is 2. The molecule has 0 aliphatic rings. The zero-order valence-corrected chi connectivity index (χ0v) is 31.4. The van der Waals surface area contributed by atoms with Gasteiger partial charge in [-0.05, 0) is 109 Å². The molecule has 0 aromatic heterocycles. The smallest absolute Gasteiger partial charge is 0.120 e. The highest BCUT2D eigenvalue weighted by atomic mass is 32.2. The van der Waals surface area contributed by atoms with Crippen LogP contribution in [-0.2, 0) is 30.0 Å². The molecule has 0 bridgehead atoms. The second-order valence-electron chi connectivity index (χ2n) is 13.3. The van der Waals surface area contributed by atoms with Gasteiger partial charge in [-0.15, -0.1) is 11.8 Å². The minimum atomic E-state index is -0.363. The van der Waals surface area contributed by atoms with Crippen molar-refractivity contribution in [3.63, 3.8) is 0 Å². The lowest BCUT2D eigenvalue weighted by molar-refractivity contribution is 0.465. The Morgan fingerprint density at radius 1 is 0.592 bits per heavy atom. The van der Waals surface area contributed by atoms with Gasteiger partial charge in [0.15, 0.2) is 0 Å². The molecule has 6 heteroatoms. The summed E-state index contributed by atoms with van der Waals surface area (Å²) in [4.78, 5) is 4.62. The topological polar surface area (TPSA) is 46.9 Å². The lowest BCUT2D eigenvalue weighted by Crippen LogP contribution is -2.24. The number of nitrogens with zero attached hydrogens (tertiary/aromatic N) is 2. The molecule has 0 unspecified atom stereocenters. The van der Waals surface area contributed by atoms with Crippen LogP contribution in [0.3, 0.4) is 0 Å². The van der Waals surface area contributed by atoms with Gasteiger partial charge in [0.1, 0.15) is 11.5 Å². The molecule has 0 aliphatic carbocycles. The largest absolute Gasteiger partial charge is 0.508 e. The molecule has 0 radical (unpaired) electrons. The number of para-hydroxylation sites is 2. The van der Waals surface area contributed by atoms with Crippen LogP contribution in [0.4, 0.5) is 11.4 Å². The third kappa shape index (κ3) is 8.97. The summed E-state index contributed by atoms with van der Waals surface area (Å²) in [5, 5.41) is 22.1. The van der Waals surface area contributed by atoms with E-state index in [0.717, 1.165) is 57.6 Å². The van der Waals surface area contributed by atoms with Crippen molar-refractivity contribution in [2.75, 3.05) is 28.5 Å². The maximum Gasteiger partial charge on any atom is 0.120 e. The molecule has 0 atom stereocenters. The van der Waals surface area contributed by atoms with Gasteiger partial charge in [0.05, 0.1) is 5.88 Å². The highest BCUT2D eigenvalue weighted by Gasteiger charge is 2.26. The predicted octanol–water partition coefficient (Wildman–Crippen LogP) is 10.8. The van der Waals surface area contributed by atoms with Crippen LogP contribution < -0.4 is 9.80 Å². The number of hydrogen-bond donors (Lipinski definition) is 2. The Kier molecular flexibility index (Phi) is 12.3. The molecule has 4 nitrogen and oxygen atoms in total. The third-order valence-electron chi connectivity index (χ3n) is 9.57. The summed E-state index contributed by atoms with van der Waals surface area (Å²) in [6.45, 7) is 13.0. The van der Waals surface area contributed by atoms with Crippen molar-refractivity contribution < 1.29 is 10.2 Å². The van der Waals surface area contributed by atoms with E-state index in [2.05, 4.69) is 111 Å². The molecular weight excluding hydrogens is 641 g/mol. The zero-order valence-electron chi connectivity index (χ0n) is 29.7. The number of benzene rings is 5. The summed E-state index contributed by atoms with van der Waals surface area (Å²) in [5.41, 5.74) is 11.4. The second kappa shape index (κ2) is 16.6. The first-order valence-corrected chi connectivity index (χ1v) is 19.6. The van der Waals surface area contributed by atoms with Crippen LogP contribution in [-0.4, -0.2) is 28.9 Å². The van der Waals surface area contributed by atoms with Gasteiger partial charge in [-0.3, -0.25) is 0 Å². The van der Waals surface area contributed by atoms with Gasteiger partial charge in [0, 0.05) is 59.1 Å². The van der Waals surface area contributed by atoms with Crippen molar-refractivity contribution >= 4 is 34.9 Å². The van der Waals surface area contributed by atoms with Crippen LogP contribution >= 0.6 is 23.5 Å². The van der Waals surface area contributed by atoms with Crippen LogP contribution in [0, 0.1) is 13.8 Å². The van der Waals surface area contributed by atoms with Crippen molar-refractivity contribution in [3.8, 4) is 11.5 Å².